The van der Waals surface area contributed by atoms with Gasteiger partial charge in [0, 0.05) is 28.8 Å². The van der Waals surface area contributed by atoms with Crippen LogP contribution in [0.1, 0.15) is 64.2 Å². The Labute approximate surface area is 253 Å². The van der Waals surface area contributed by atoms with Gasteiger partial charge in [0.05, 0.1) is 0 Å². The molecular weight excluding hydrogens is 506 g/mol. The molecule has 0 N–H and O–H groups in total. The summed E-state index contributed by atoms with van der Waals surface area (Å²) in [5.41, 5.74) is 7.67. The highest BCUT2D eigenvalue weighted by molar-refractivity contribution is 5.95. The summed E-state index contributed by atoms with van der Waals surface area (Å²) in [5.74, 6) is 0. The maximum atomic E-state index is 4.47. The van der Waals surface area contributed by atoms with Crippen molar-refractivity contribution >= 4 is 27.2 Å². The minimum absolute atomic E-state index is 0.0685. The lowest BCUT2D eigenvalue weighted by atomic mass is 9.74. The highest BCUT2D eigenvalue weighted by Crippen LogP contribution is 2.50. The van der Waals surface area contributed by atoms with Gasteiger partial charge in [-0.1, -0.05) is 151 Å². The van der Waals surface area contributed by atoms with Gasteiger partial charge >= 0.3 is 0 Å². The van der Waals surface area contributed by atoms with Crippen LogP contribution in [-0.4, -0.2) is 6.54 Å². The van der Waals surface area contributed by atoms with Crippen molar-refractivity contribution in [2.45, 2.75) is 65.2 Å². The van der Waals surface area contributed by atoms with Crippen molar-refractivity contribution in [3.8, 4) is 0 Å². The van der Waals surface area contributed by atoms with Crippen molar-refractivity contribution in [2.75, 3.05) is 11.4 Å². The smallest absolute Gasteiger partial charge is 0.0457 e. The van der Waals surface area contributed by atoms with Crippen LogP contribution in [0.2, 0.25) is 0 Å². The topological polar surface area (TPSA) is 3.24 Å². The molecule has 1 aliphatic rings. The first-order valence-corrected chi connectivity index (χ1v) is 15.4. The Bertz CT molecular complexity index is 1740. The van der Waals surface area contributed by atoms with Crippen molar-refractivity contribution < 1.29 is 0 Å². The fraction of sp³-hybridized carbons (Fsp3) is 0.268. The molecule has 0 radical (unpaired) electrons. The van der Waals surface area contributed by atoms with E-state index in [2.05, 4.69) is 168 Å². The summed E-state index contributed by atoms with van der Waals surface area (Å²) in [5, 5.41) is 5.26. The van der Waals surface area contributed by atoms with Gasteiger partial charge in [-0.3, -0.25) is 0 Å². The van der Waals surface area contributed by atoms with E-state index >= 15 is 0 Å². The Morgan fingerprint density at radius 2 is 1.43 bits per heavy atom. The van der Waals surface area contributed by atoms with Gasteiger partial charge in [0.1, 0.15) is 0 Å². The Morgan fingerprint density at radius 1 is 0.810 bits per heavy atom. The summed E-state index contributed by atoms with van der Waals surface area (Å²) >= 11 is 0. The van der Waals surface area contributed by atoms with Crippen molar-refractivity contribution in [1.29, 1.82) is 0 Å². The lowest BCUT2D eigenvalue weighted by Gasteiger charge is -2.29. The standard InChI is InChI=1S/C41H45N/c1-8-9-29-42-36-28-27-33-21-16-18-23-35(33)39(36)41(6,7)37(42)24-14-12-10-11-13-19-31(3)40(4,5)38-30(2)25-26-32-20-15-17-22-34(32)38/h10-28H,3,8-9,29H2,1-2,4-7H3/b11-10+,14-12+,19-13+,37-24+. The predicted octanol–water partition coefficient (Wildman–Crippen LogP) is 11.3. The molecule has 0 fully saturated rings. The van der Waals surface area contributed by atoms with E-state index in [1.54, 1.807) is 0 Å². The lowest BCUT2D eigenvalue weighted by molar-refractivity contribution is 0.628. The molecule has 4 aromatic rings. The quantitative estimate of drug-likeness (QED) is 0.187. The van der Waals surface area contributed by atoms with Crippen LogP contribution in [0.15, 0.2) is 133 Å². The van der Waals surface area contributed by atoms with E-state index in [0.717, 1.165) is 12.1 Å². The van der Waals surface area contributed by atoms with Gasteiger partial charge in [-0.25, -0.2) is 0 Å². The Hall–Kier alpha value is -4.10. The Morgan fingerprint density at radius 3 is 2.17 bits per heavy atom. The zero-order valence-electron chi connectivity index (χ0n) is 26.2. The second kappa shape index (κ2) is 12.0. The van der Waals surface area contributed by atoms with E-state index in [1.807, 2.05) is 0 Å². The number of anilines is 1. The van der Waals surface area contributed by atoms with Crippen molar-refractivity contribution in [3.05, 3.63) is 150 Å². The number of rotatable bonds is 9. The van der Waals surface area contributed by atoms with E-state index in [1.165, 1.54) is 62.5 Å². The first-order valence-electron chi connectivity index (χ1n) is 15.4. The van der Waals surface area contributed by atoms with E-state index < -0.39 is 0 Å². The van der Waals surface area contributed by atoms with Crippen LogP contribution in [0.25, 0.3) is 21.5 Å². The molecule has 1 heteroatoms. The molecule has 42 heavy (non-hydrogen) atoms. The number of hydrogen-bond donors (Lipinski definition) is 0. The van der Waals surface area contributed by atoms with Crippen LogP contribution in [-0.2, 0) is 10.8 Å². The molecule has 0 saturated carbocycles. The zero-order chi connectivity index (χ0) is 29.9. The van der Waals surface area contributed by atoms with Crippen LogP contribution < -0.4 is 4.90 Å². The first kappa shape index (κ1) is 29.4. The van der Waals surface area contributed by atoms with Gasteiger partial charge in [-0.15, -0.1) is 0 Å². The molecule has 1 aliphatic heterocycles. The van der Waals surface area contributed by atoms with Gasteiger partial charge in [0.25, 0.3) is 0 Å². The fourth-order valence-corrected chi connectivity index (χ4v) is 6.68. The molecule has 0 aromatic heterocycles. The largest absolute Gasteiger partial charge is 0.344 e. The van der Waals surface area contributed by atoms with Crippen LogP contribution in [0.5, 0.6) is 0 Å². The number of allylic oxidation sites excluding steroid dienone is 9. The molecule has 214 valence electrons. The van der Waals surface area contributed by atoms with Gasteiger partial charge in [-0.2, -0.15) is 0 Å². The number of fused-ring (bicyclic) bond motifs is 4. The third-order valence-corrected chi connectivity index (χ3v) is 9.05. The molecule has 1 heterocycles. The molecular formula is C41H45N. The molecule has 1 nitrogen and oxygen atoms in total. The van der Waals surface area contributed by atoms with Gasteiger partial charge in [0.2, 0.25) is 0 Å². The molecule has 0 atom stereocenters. The molecule has 0 saturated heterocycles. The molecule has 0 unspecified atom stereocenters. The van der Waals surface area contributed by atoms with Gasteiger partial charge < -0.3 is 4.90 Å². The summed E-state index contributed by atoms with van der Waals surface area (Å²) in [7, 11) is 0. The molecule has 4 aromatic carbocycles. The lowest BCUT2D eigenvalue weighted by Crippen LogP contribution is -2.26. The highest BCUT2D eigenvalue weighted by atomic mass is 15.2. The van der Waals surface area contributed by atoms with Crippen LogP contribution in [0, 0.1) is 6.92 Å². The van der Waals surface area contributed by atoms with Gasteiger partial charge in [0.15, 0.2) is 0 Å². The molecule has 5 rings (SSSR count). The average molecular weight is 552 g/mol. The number of hydrogen-bond acceptors (Lipinski definition) is 1. The summed E-state index contributed by atoms with van der Waals surface area (Å²) in [6, 6.07) is 26.5. The van der Waals surface area contributed by atoms with E-state index in [-0.39, 0.29) is 10.8 Å². The average Bonchev–Trinajstić information content (AvgIpc) is 3.20. The Balaban J connectivity index is 1.34. The maximum absolute atomic E-state index is 4.47. The van der Waals surface area contributed by atoms with Crippen LogP contribution in [0.3, 0.4) is 0 Å². The first-order chi connectivity index (χ1) is 20.2. The number of aryl methyl sites for hydroxylation is 1. The minimum Gasteiger partial charge on any atom is -0.344 e. The molecule has 0 aliphatic carbocycles. The third-order valence-electron chi connectivity index (χ3n) is 9.05. The number of unbranched alkanes of at least 4 members (excludes halogenated alkanes) is 1. The Kier molecular flexibility index (Phi) is 8.41. The van der Waals surface area contributed by atoms with Crippen LogP contribution >= 0.6 is 0 Å². The fourth-order valence-electron chi connectivity index (χ4n) is 6.68. The van der Waals surface area contributed by atoms with Crippen molar-refractivity contribution in [2.24, 2.45) is 0 Å². The summed E-state index contributed by atoms with van der Waals surface area (Å²) in [6.45, 7) is 19.3. The van der Waals surface area contributed by atoms with Crippen molar-refractivity contribution in [3.63, 3.8) is 0 Å². The summed E-state index contributed by atoms with van der Waals surface area (Å²) in [6.07, 6.45) is 17.5. The zero-order valence-corrected chi connectivity index (χ0v) is 26.2. The second-order valence-electron chi connectivity index (χ2n) is 12.6. The van der Waals surface area contributed by atoms with Gasteiger partial charge in [-0.05, 0) is 69.3 Å². The monoisotopic (exact) mass is 551 g/mol. The normalized spacial score (nSPS) is 16.1. The molecule has 0 spiro atoms. The number of nitrogens with zero attached hydrogens (tertiary/aromatic N) is 1. The van der Waals surface area contributed by atoms with E-state index in [4.69, 9.17) is 0 Å². The number of benzene rings is 4. The van der Waals surface area contributed by atoms with E-state index in [9.17, 15) is 0 Å². The van der Waals surface area contributed by atoms with Crippen LogP contribution in [0.4, 0.5) is 5.69 Å². The summed E-state index contributed by atoms with van der Waals surface area (Å²) < 4.78 is 0. The SMILES string of the molecule is C=C(/C=C/C=C/C=C/C=C1/N(CCCC)c2ccc3ccccc3c2C1(C)C)C(C)(C)c1c(C)ccc2ccccc12. The summed E-state index contributed by atoms with van der Waals surface area (Å²) in [4.78, 5) is 2.54. The van der Waals surface area contributed by atoms with E-state index in [0.29, 0.717) is 0 Å². The second-order valence-corrected chi connectivity index (χ2v) is 12.6. The minimum atomic E-state index is -0.176. The van der Waals surface area contributed by atoms with Crippen molar-refractivity contribution in [1.82, 2.24) is 0 Å². The maximum Gasteiger partial charge on any atom is 0.0457 e. The highest BCUT2D eigenvalue weighted by Gasteiger charge is 2.40. The molecule has 0 amide bonds. The predicted molar refractivity (Wildman–Crippen MR) is 186 cm³/mol. The third kappa shape index (κ3) is 5.41. The molecule has 0 bridgehead atoms.